The lowest BCUT2D eigenvalue weighted by Crippen LogP contribution is -2.48. The number of nitrogens with zero attached hydrogens (tertiary/aromatic N) is 1. The number of hydrogen-bond donors (Lipinski definition) is 5. The van der Waals surface area contributed by atoms with Gasteiger partial charge in [0.1, 0.15) is 5.84 Å². The number of amidine groups is 1. The van der Waals surface area contributed by atoms with Gasteiger partial charge in [0.15, 0.2) is 0 Å². The van der Waals surface area contributed by atoms with Crippen molar-refractivity contribution in [2.75, 3.05) is 16.8 Å². The molecule has 0 saturated carbocycles. The molecule has 2 rings (SSSR count). The normalized spacial score (nSPS) is 11.3. The molecular weight excluding hydrogens is 406 g/mol. The minimum absolute atomic E-state index is 0.0249. The molecule has 1 amide bonds. The number of carboxylic acid groups (broad SMARTS) is 1. The summed E-state index contributed by atoms with van der Waals surface area (Å²) in [5.41, 5.74) is 15.2. The van der Waals surface area contributed by atoms with Crippen molar-refractivity contribution in [3.05, 3.63) is 59.2 Å². The molecule has 2 aromatic carbocycles. The molecule has 8 heteroatoms. The van der Waals surface area contributed by atoms with E-state index >= 15 is 0 Å². The molecule has 0 bridgehead atoms. The average molecular weight is 436 g/mol. The summed E-state index contributed by atoms with van der Waals surface area (Å²) in [6.07, 6.45) is -0.422. The first-order chi connectivity index (χ1) is 15.1. The fourth-order valence-corrected chi connectivity index (χ4v) is 3.13. The van der Waals surface area contributed by atoms with Gasteiger partial charge in [0.25, 0.3) is 0 Å². The third-order valence-corrected chi connectivity index (χ3v) is 4.75. The van der Waals surface area contributed by atoms with Crippen molar-refractivity contribution in [2.24, 2.45) is 11.5 Å². The Morgan fingerprint density at radius 1 is 1.19 bits per heavy atom. The van der Waals surface area contributed by atoms with Gasteiger partial charge in [-0.2, -0.15) is 0 Å². The number of carbonyl (C=O) groups excluding carboxylic acids is 1. The molecule has 168 valence electrons. The summed E-state index contributed by atoms with van der Waals surface area (Å²) in [6, 6.07) is 11.4. The molecule has 0 heterocycles. The fraction of sp³-hybridized carbons (Fsp3) is 0.292. The van der Waals surface area contributed by atoms with Crippen LogP contribution in [0, 0.1) is 24.2 Å². The number of rotatable bonds is 8. The molecule has 8 nitrogen and oxygen atoms in total. The summed E-state index contributed by atoms with van der Waals surface area (Å²) in [5.74, 6) is 4.67. The van der Waals surface area contributed by atoms with Gasteiger partial charge in [0, 0.05) is 28.5 Å². The van der Waals surface area contributed by atoms with E-state index in [-0.39, 0.29) is 11.9 Å². The highest BCUT2D eigenvalue weighted by Crippen LogP contribution is 2.22. The van der Waals surface area contributed by atoms with E-state index in [1.165, 1.54) is 4.90 Å². The Bertz CT molecular complexity index is 1050. The lowest BCUT2D eigenvalue weighted by atomic mass is 10.1. The summed E-state index contributed by atoms with van der Waals surface area (Å²) in [5, 5.41) is 19.5. The Balaban J connectivity index is 2.09. The molecule has 0 radical (unpaired) electrons. The van der Waals surface area contributed by atoms with E-state index in [1.807, 2.05) is 45.0 Å². The van der Waals surface area contributed by atoms with Gasteiger partial charge >= 0.3 is 5.97 Å². The van der Waals surface area contributed by atoms with E-state index in [1.54, 1.807) is 18.2 Å². The van der Waals surface area contributed by atoms with Crippen molar-refractivity contribution in [1.29, 1.82) is 5.41 Å². The number of nitrogens with one attached hydrogen (secondary N) is 2. The largest absolute Gasteiger partial charge is 0.481 e. The van der Waals surface area contributed by atoms with Crippen molar-refractivity contribution in [3.63, 3.8) is 0 Å². The Kier molecular flexibility index (Phi) is 8.38. The number of carbonyl (C=O) groups is 2. The minimum Gasteiger partial charge on any atom is -0.481 e. The first kappa shape index (κ1) is 24.4. The Morgan fingerprint density at radius 3 is 2.38 bits per heavy atom. The number of anilines is 2. The van der Waals surface area contributed by atoms with Gasteiger partial charge in [-0.3, -0.25) is 15.0 Å². The molecule has 0 aliphatic carbocycles. The van der Waals surface area contributed by atoms with Crippen LogP contribution in [0.3, 0.4) is 0 Å². The second-order valence-corrected chi connectivity index (χ2v) is 7.65. The number of carboxylic acids is 1. The molecule has 32 heavy (non-hydrogen) atoms. The molecule has 0 aliphatic rings. The van der Waals surface area contributed by atoms with E-state index in [0.717, 1.165) is 16.8 Å². The van der Waals surface area contributed by atoms with Gasteiger partial charge in [-0.15, -0.1) is 0 Å². The topological polar surface area (TPSA) is 146 Å². The van der Waals surface area contributed by atoms with Crippen LogP contribution in [-0.2, 0) is 9.59 Å². The van der Waals surface area contributed by atoms with Crippen molar-refractivity contribution >= 4 is 29.1 Å². The molecule has 7 N–H and O–H groups in total. The third-order valence-electron chi connectivity index (χ3n) is 4.75. The van der Waals surface area contributed by atoms with Crippen LogP contribution in [0.25, 0.3) is 0 Å². The van der Waals surface area contributed by atoms with Crippen molar-refractivity contribution in [3.8, 4) is 11.8 Å². The van der Waals surface area contributed by atoms with E-state index in [4.69, 9.17) is 22.0 Å². The van der Waals surface area contributed by atoms with Crippen LogP contribution in [0.1, 0.15) is 37.0 Å². The van der Waals surface area contributed by atoms with E-state index in [2.05, 4.69) is 17.2 Å². The summed E-state index contributed by atoms with van der Waals surface area (Å²) >= 11 is 0. The van der Waals surface area contributed by atoms with Crippen LogP contribution >= 0.6 is 0 Å². The summed E-state index contributed by atoms with van der Waals surface area (Å²) < 4.78 is 0. The molecule has 2 aromatic rings. The fourth-order valence-electron chi connectivity index (χ4n) is 3.13. The zero-order chi connectivity index (χ0) is 23.8. The number of amides is 1. The second kappa shape index (κ2) is 11.0. The number of nitrogen functional groups attached to an aromatic ring is 1. The number of aliphatic carboxylic acids is 1. The maximum atomic E-state index is 12.7. The molecule has 1 atom stereocenters. The van der Waals surface area contributed by atoms with Gasteiger partial charge < -0.3 is 26.8 Å². The van der Waals surface area contributed by atoms with Crippen molar-refractivity contribution in [1.82, 2.24) is 0 Å². The molecule has 1 unspecified atom stereocenters. The highest BCUT2D eigenvalue weighted by molar-refractivity contribution is 5.99. The quantitative estimate of drug-likeness (QED) is 0.244. The molecule has 0 saturated heterocycles. The maximum absolute atomic E-state index is 12.7. The first-order valence-corrected chi connectivity index (χ1v) is 10.2. The average Bonchev–Trinajstić information content (AvgIpc) is 2.72. The summed E-state index contributed by atoms with van der Waals surface area (Å²) in [7, 11) is 0. The van der Waals surface area contributed by atoms with Crippen LogP contribution < -0.4 is 21.7 Å². The Hall–Kier alpha value is -3.83. The lowest BCUT2D eigenvalue weighted by molar-refractivity contribution is -0.139. The van der Waals surface area contributed by atoms with E-state index < -0.39 is 24.3 Å². The smallest absolute Gasteiger partial charge is 0.305 e. The van der Waals surface area contributed by atoms with Crippen molar-refractivity contribution < 1.29 is 14.7 Å². The van der Waals surface area contributed by atoms with E-state index in [9.17, 15) is 9.59 Å². The zero-order valence-corrected chi connectivity index (χ0v) is 18.5. The van der Waals surface area contributed by atoms with Gasteiger partial charge in [-0.1, -0.05) is 11.8 Å². The number of aryl methyl sites for hydroxylation is 1. The van der Waals surface area contributed by atoms with Crippen LogP contribution in [0.2, 0.25) is 0 Å². The van der Waals surface area contributed by atoms with Crippen LogP contribution in [0.4, 0.5) is 11.4 Å². The minimum atomic E-state index is -1.11. The number of benzene rings is 2. The molecule has 0 aromatic heterocycles. The Labute approximate surface area is 188 Å². The van der Waals surface area contributed by atoms with Gasteiger partial charge in [-0.25, -0.2) is 0 Å². The van der Waals surface area contributed by atoms with Gasteiger partial charge in [0.05, 0.1) is 19.0 Å². The standard InChI is InChI=1S/C24H29N5O3/c1-15(2)29(24(32)21(25)14-22(30)31)20-11-8-17(16(3)13-20)5-4-12-28-19-9-6-18(7-10-19)23(26)27/h6-11,13,15,21,28H,12,14,25H2,1-3H3,(H3,26,27)(H,30,31). The van der Waals surface area contributed by atoms with Gasteiger partial charge in [-0.05, 0) is 68.8 Å². The first-order valence-electron chi connectivity index (χ1n) is 10.2. The highest BCUT2D eigenvalue weighted by atomic mass is 16.4. The van der Waals surface area contributed by atoms with Crippen LogP contribution in [0.5, 0.6) is 0 Å². The SMILES string of the molecule is Cc1cc(N(C(=O)C(N)CC(=O)O)C(C)C)ccc1C#CCNc1ccc(C(=N)N)cc1. The molecule has 0 fully saturated rings. The second-order valence-electron chi connectivity index (χ2n) is 7.65. The predicted octanol–water partition coefficient (Wildman–Crippen LogP) is 2.29. The maximum Gasteiger partial charge on any atom is 0.305 e. The monoisotopic (exact) mass is 435 g/mol. The highest BCUT2D eigenvalue weighted by Gasteiger charge is 2.26. The molecular formula is C24H29N5O3. The van der Waals surface area contributed by atoms with Crippen LogP contribution in [-0.4, -0.2) is 41.4 Å². The number of hydrogen-bond acceptors (Lipinski definition) is 5. The van der Waals surface area contributed by atoms with Crippen molar-refractivity contribution in [2.45, 2.75) is 39.3 Å². The molecule has 0 aliphatic heterocycles. The summed E-state index contributed by atoms with van der Waals surface area (Å²) in [4.78, 5) is 25.1. The third kappa shape index (κ3) is 6.59. The predicted molar refractivity (Wildman–Crippen MR) is 127 cm³/mol. The zero-order valence-electron chi connectivity index (χ0n) is 18.5. The molecule has 0 spiro atoms. The number of nitrogens with two attached hydrogens (primary N) is 2. The lowest BCUT2D eigenvalue weighted by Gasteiger charge is -2.29. The Morgan fingerprint density at radius 2 is 1.84 bits per heavy atom. The van der Waals surface area contributed by atoms with Crippen LogP contribution in [0.15, 0.2) is 42.5 Å². The summed E-state index contributed by atoms with van der Waals surface area (Å²) in [6.45, 7) is 6.04. The van der Waals surface area contributed by atoms with E-state index in [0.29, 0.717) is 17.8 Å². The van der Waals surface area contributed by atoms with Gasteiger partial charge in [0.2, 0.25) is 5.91 Å².